The van der Waals surface area contributed by atoms with Gasteiger partial charge in [0, 0.05) is 25.4 Å². The molecule has 0 unspecified atom stereocenters. The topological polar surface area (TPSA) is 54.5 Å². The van der Waals surface area contributed by atoms with Crippen molar-refractivity contribution in [3.05, 3.63) is 35.4 Å². The van der Waals surface area contributed by atoms with Gasteiger partial charge in [0.2, 0.25) is 0 Å². The standard InChI is InChI=1S/C14H21NO3S/c1-4-5-9-15(2)14(16)13-8-6-7-12(10-13)11-19(3,17)18/h6-8,10H,4-5,9,11H2,1-3H3. The van der Waals surface area contributed by atoms with Gasteiger partial charge in [-0.25, -0.2) is 8.42 Å². The van der Waals surface area contributed by atoms with Crippen molar-refractivity contribution in [3.63, 3.8) is 0 Å². The Morgan fingerprint density at radius 2 is 2.00 bits per heavy atom. The number of sulfone groups is 1. The Hall–Kier alpha value is -1.36. The van der Waals surface area contributed by atoms with Crippen molar-refractivity contribution in [2.75, 3.05) is 19.8 Å². The zero-order valence-electron chi connectivity index (χ0n) is 11.7. The summed E-state index contributed by atoms with van der Waals surface area (Å²) in [7, 11) is -1.31. The van der Waals surface area contributed by atoms with E-state index in [9.17, 15) is 13.2 Å². The molecule has 0 fully saturated rings. The first-order valence-electron chi connectivity index (χ1n) is 6.35. The average Bonchev–Trinajstić information content (AvgIpc) is 2.33. The summed E-state index contributed by atoms with van der Waals surface area (Å²) >= 11 is 0. The Morgan fingerprint density at radius 3 is 2.58 bits per heavy atom. The van der Waals surface area contributed by atoms with E-state index in [1.807, 2.05) is 0 Å². The average molecular weight is 283 g/mol. The number of carbonyl (C=O) groups excluding carboxylic acids is 1. The number of rotatable bonds is 6. The SMILES string of the molecule is CCCCN(C)C(=O)c1cccc(CS(C)(=O)=O)c1. The van der Waals surface area contributed by atoms with Crippen LogP contribution in [0.3, 0.4) is 0 Å². The van der Waals surface area contributed by atoms with E-state index in [-0.39, 0.29) is 11.7 Å². The van der Waals surface area contributed by atoms with Crippen molar-refractivity contribution in [2.45, 2.75) is 25.5 Å². The molecule has 0 bridgehead atoms. The molecule has 0 heterocycles. The van der Waals surface area contributed by atoms with E-state index in [1.54, 1.807) is 36.2 Å². The minimum absolute atomic E-state index is 0.0349. The Kier molecular flexibility index (Phi) is 5.54. The Bertz CT molecular complexity index is 537. The first-order chi connectivity index (χ1) is 8.83. The minimum Gasteiger partial charge on any atom is -0.342 e. The van der Waals surface area contributed by atoms with E-state index < -0.39 is 9.84 Å². The number of hydrogen-bond donors (Lipinski definition) is 0. The summed E-state index contributed by atoms with van der Waals surface area (Å²) in [6, 6.07) is 6.83. The Labute approximate surface area is 115 Å². The van der Waals surface area contributed by atoms with Crippen LogP contribution in [0.15, 0.2) is 24.3 Å². The molecule has 0 aliphatic heterocycles. The normalized spacial score (nSPS) is 11.3. The van der Waals surface area contributed by atoms with Gasteiger partial charge in [-0.2, -0.15) is 0 Å². The first-order valence-corrected chi connectivity index (χ1v) is 8.41. The highest BCUT2D eigenvalue weighted by molar-refractivity contribution is 7.89. The lowest BCUT2D eigenvalue weighted by Crippen LogP contribution is -2.27. The van der Waals surface area contributed by atoms with E-state index in [0.29, 0.717) is 17.7 Å². The minimum atomic E-state index is -3.08. The van der Waals surface area contributed by atoms with Gasteiger partial charge in [0.15, 0.2) is 9.84 Å². The third-order valence-corrected chi connectivity index (χ3v) is 3.65. The van der Waals surface area contributed by atoms with Crippen LogP contribution in [0.5, 0.6) is 0 Å². The van der Waals surface area contributed by atoms with Gasteiger partial charge >= 0.3 is 0 Å². The monoisotopic (exact) mass is 283 g/mol. The molecule has 0 aliphatic rings. The Balaban J connectivity index is 2.84. The summed E-state index contributed by atoms with van der Waals surface area (Å²) in [5, 5.41) is 0. The van der Waals surface area contributed by atoms with E-state index in [4.69, 9.17) is 0 Å². The fourth-order valence-corrected chi connectivity index (χ4v) is 2.60. The summed E-state index contributed by atoms with van der Waals surface area (Å²) in [5.74, 6) is -0.101. The van der Waals surface area contributed by atoms with Gasteiger partial charge in [0.1, 0.15) is 0 Å². The molecule has 1 rings (SSSR count). The maximum absolute atomic E-state index is 12.1. The molecule has 106 valence electrons. The predicted octanol–water partition coefficient (Wildman–Crippen LogP) is 2.10. The maximum Gasteiger partial charge on any atom is 0.253 e. The fourth-order valence-electron chi connectivity index (χ4n) is 1.81. The third kappa shape index (κ3) is 5.42. The first kappa shape index (κ1) is 15.7. The molecule has 0 aliphatic carbocycles. The molecule has 0 N–H and O–H groups in total. The quantitative estimate of drug-likeness (QED) is 0.803. The lowest BCUT2D eigenvalue weighted by atomic mass is 10.1. The van der Waals surface area contributed by atoms with E-state index in [1.165, 1.54) is 6.26 Å². The second-order valence-electron chi connectivity index (χ2n) is 4.85. The molecule has 0 radical (unpaired) electrons. The van der Waals surface area contributed by atoms with E-state index in [2.05, 4.69) is 6.92 Å². The van der Waals surface area contributed by atoms with Crippen LogP contribution in [0.1, 0.15) is 35.7 Å². The smallest absolute Gasteiger partial charge is 0.253 e. The number of unbranched alkanes of at least 4 members (excludes halogenated alkanes) is 1. The molecule has 1 aromatic carbocycles. The number of carbonyl (C=O) groups is 1. The Morgan fingerprint density at radius 1 is 1.32 bits per heavy atom. The van der Waals surface area contributed by atoms with Gasteiger partial charge in [-0.05, 0) is 24.1 Å². The third-order valence-electron chi connectivity index (χ3n) is 2.80. The highest BCUT2D eigenvalue weighted by Gasteiger charge is 2.12. The molecule has 0 atom stereocenters. The fraction of sp³-hybridized carbons (Fsp3) is 0.500. The molecule has 4 nitrogen and oxygen atoms in total. The van der Waals surface area contributed by atoms with Crippen LogP contribution in [-0.2, 0) is 15.6 Å². The van der Waals surface area contributed by atoms with Gasteiger partial charge in [-0.1, -0.05) is 25.5 Å². The molecular formula is C14H21NO3S. The van der Waals surface area contributed by atoms with Gasteiger partial charge in [-0.15, -0.1) is 0 Å². The zero-order chi connectivity index (χ0) is 14.5. The van der Waals surface area contributed by atoms with Crippen LogP contribution < -0.4 is 0 Å². The summed E-state index contributed by atoms with van der Waals surface area (Å²) < 4.78 is 22.5. The van der Waals surface area contributed by atoms with Gasteiger partial charge in [0.05, 0.1) is 5.75 Å². The summed E-state index contributed by atoms with van der Waals surface area (Å²) in [4.78, 5) is 13.8. The summed E-state index contributed by atoms with van der Waals surface area (Å²) in [6.45, 7) is 2.79. The highest BCUT2D eigenvalue weighted by Crippen LogP contribution is 2.11. The lowest BCUT2D eigenvalue weighted by Gasteiger charge is -2.17. The van der Waals surface area contributed by atoms with Crippen LogP contribution in [-0.4, -0.2) is 39.1 Å². The summed E-state index contributed by atoms with van der Waals surface area (Å²) in [5.41, 5.74) is 1.19. The lowest BCUT2D eigenvalue weighted by molar-refractivity contribution is 0.0793. The van der Waals surface area contributed by atoms with E-state index in [0.717, 1.165) is 12.8 Å². The van der Waals surface area contributed by atoms with E-state index >= 15 is 0 Å². The van der Waals surface area contributed by atoms with Crippen LogP contribution in [0.4, 0.5) is 0 Å². The van der Waals surface area contributed by atoms with Gasteiger partial charge < -0.3 is 4.90 Å². The number of amides is 1. The number of hydrogen-bond acceptors (Lipinski definition) is 3. The molecule has 1 amide bonds. The van der Waals surface area contributed by atoms with Crippen molar-refractivity contribution < 1.29 is 13.2 Å². The number of nitrogens with zero attached hydrogens (tertiary/aromatic N) is 1. The number of benzene rings is 1. The van der Waals surface area contributed by atoms with Crippen molar-refractivity contribution in [1.82, 2.24) is 4.90 Å². The molecular weight excluding hydrogens is 262 g/mol. The van der Waals surface area contributed by atoms with Crippen molar-refractivity contribution in [3.8, 4) is 0 Å². The molecule has 0 spiro atoms. The second-order valence-corrected chi connectivity index (χ2v) is 6.99. The van der Waals surface area contributed by atoms with Crippen molar-refractivity contribution in [1.29, 1.82) is 0 Å². The summed E-state index contributed by atoms with van der Waals surface area (Å²) in [6.07, 6.45) is 3.19. The van der Waals surface area contributed by atoms with Crippen molar-refractivity contribution in [2.24, 2.45) is 0 Å². The van der Waals surface area contributed by atoms with Crippen molar-refractivity contribution >= 4 is 15.7 Å². The van der Waals surface area contributed by atoms with Crippen LogP contribution in [0, 0.1) is 0 Å². The van der Waals surface area contributed by atoms with Gasteiger partial charge in [-0.3, -0.25) is 4.79 Å². The molecule has 5 heteroatoms. The maximum atomic E-state index is 12.1. The molecule has 0 saturated heterocycles. The largest absolute Gasteiger partial charge is 0.342 e. The van der Waals surface area contributed by atoms with Crippen LogP contribution in [0.2, 0.25) is 0 Å². The zero-order valence-corrected chi connectivity index (χ0v) is 12.5. The highest BCUT2D eigenvalue weighted by atomic mass is 32.2. The molecule has 0 aromatic heterocycles. The molecule has 19 heavy (non-hydrogen) atoms. The van der Waals surface area contributed by atoms with Crippen LogP contribution >= 0.6 is 0 Å². The van der Waals surface area contributed by atoms with Gasteiger partial charge in [0.25, 0.3) is 5.91 Å². The predicted molar refractivity (Wildman–Crippen MR) is 76.9 cm³/mol. The molecule has 0 saturated carbocycles. The van der Waals surface area contributed by atoms with Crippen LogP contribution in [0.25, 0.3) is 0 Å². The molecule has 1 aromatic rings. The second kappa shape index (κ2) is 6.70.